The quantitative estimate of drug-likeness (QED) is 0.572. The van der Waals surface area contributed by atoms with Crippen LogP contribution in [0.3, 0.4) is 0 Å². The number of hydrogen-bond acceptors (Lipinski definition) is 4. The van der Waals surface area contributed by atoms with E-state index in [0.29, 0.717) is 18.7 Å². The number of aromatic hydroxyl groups is 1. The second-order valence-electron chi connectivity index (χ2n) is 7.45. The molecule has 1 amide bonds. The lowest BCUT2D eigenvalue weighted by atomic mass is 10.1. The van der Waals surface area contributed by atoms with E-state index in [1.165, 1.54) is 0 Å². The van der Waals surface area contributed by atoms with Gasteiger partial charge in [0.1, 0.15) is 12.1 Å². The van der Waals surface area contributed by atoms with Gasteiger partial charge in [-0.2, -0.15) is 0 Å². The molecule has 4 aromatic rings. The number of carbonyl (C=O) groups is 1. The molecule has 1 saturated heterocycles. The van der Waals surface area contributed by atoms with Gasteiger partial charge in [-0.05, 0) is 60.7 Å². The number of hydrogen-bond donors (Lipinski definition) is 1. The minimum Gasteiger partial charge on any atom is -0.508 e. The summed E-state index contributed by atoms with van der Waals surface area (Å²) < 4.78 is 2.03. The molecule has 5 rings (SSSR count). The summed E-state index contributed by atoms with van der Waals surface area (Å²) in [7, 11) is 0. The van der Waals surface area contributed by atoms with E-state index in [0.717, 1.165) is 35.5 Å². The molecule has 0 spiro atoms. The van der Waals surface area contributed by atoms with Crippen LogP contribution >= 0.6 is 0 Å². The number of phenolic OH excluding ortho intramolecular Hbond substituents is 1. The Morgan fingerprint density at radius 3 is 2.20 bits per heavy atom. The number of anilines is 1. The van der Waals surface area contributed by atoms with Crippen molar-refractivity contribution in [1.82, 2.24) is 14.5 Å². The normalized spacial score (nSPS) is 14.3. The molecule has 0 aliphatic carbocycles. The fourth-order valence-electron chi connectivity index (χ4n) is 3.94. The van der Waals surface area contributed by atoms with Gasteiger partial charge in [-0.25, -0.2) is 4.98 Å². The number of aromatic nitrogens is 2. The number of amides is 1. The van der Waals surface area contributed by atoms with Gasteiger partial charge in [0, 0.05) is 43.1 Å². The van der Waals surface area contributed by atoms with Crippen molar-refractivity contribution in [2.45, 2.75) is 0 Å². The van der Waals surface area contributed by atoms with Gasteiger partial charge >= 0.3 is 0 Å². The summed E-state index contributed by atoms with van der Waals surface area (Å²) in [5, 5.41) is 9.45. The third kappa shape index (κ3) is 3.37. The van der Waals surface area contributed by atoms with Crippen molar-refractivity contribution in [2.24, 2.45) is 0 Å². The maximum absolute atomic E-state index is 13.0. The average molecular weight is 398 g/mol. The molecule has 1 fully saturated rings. The maximum atomic E-state index is 13.0. The molecule has 0 atom stereocenters. The van der Waals surface area contributed by atoms with Crippen molar-refractivity contribution in [3.05, 3.63) is 84.7 Å². The number of para-hydroxylation sites is 2. The molecule has 1 aliphatic heterocycles. The van der Waals surface area contributed by atoms with Gasteiger partial charge in [0.25, 0.3) is 5.91 Å². The molecule has 0 radical (unpaired) electrons. The lowest BCUT2D eigenvalue weighted by Crippen LogP contribution is -2.48. The summed E-state index contributed by atoms with van der Waals surface area (Å²) in [6.07, 6.45) is 1.81. The van der Waals surface area contributed by atoms with Crippen LogP contribution in [-0.4, -0.2) is 51.6 Å². The lowest BCUT2D eigenvalue weighted by Gasteiger charge is -2.36. The smallest absolute Gasteiger partial charge is 0.253 e. The molecule has 30 heavy (non-hydrogen) atoms. The van der Waals surface area contributed by atoms with Crippen molar-refractivity contribution in [1.29, 1.82) is 0 Å². The Hall–Kier alpha value is -3.80. The van der Waals surface area contributed by atoms with Crippen molar-refractivity contribution in [3.63, 3.8) is 0 Å². The molecule has 6 nitrogen and oxygen atoms in total. The highest BCUT2D eigenvalue weighted by atomic mass is 16.3. The van der Waals surface area contributed by atoms with Crippen LogP contribution < -0.4 is 4.90 Å². The third-order valence-corrected chi connectivity index (χ3v) is 5.63. The molecule has 0 saturated carbocycles. The van der Waals surface area contributed by atoms with E-state index in [1.807, 2.05) is 76.5 Å². The molecule has 0 unspecified atom stereocenters. The molecule has 1 aromatic heterocycles. The Kier molecular flexibility index (Phi) is 4.59. The Morgan fingerprint density at radius 2 is 1.47 bits per heavy atom. The second kappa shape index (κ2) is 7.55. The predicted molar refractivity (Wildman–Crippen MR) is 117 cm³/mol. The van der Waals surface area contributed by atoms with E-state index in [9.17, 15) is 9.90 Å². The Labute approximate surface area is 174 Å². The van der Waals surface area contributed by atoms with Gasteiger partial charge in [-0.15, -0.1) is 0 Å². The first-order valence-electron chi connectivity index (χ1n) is 10.0. The Bertz CT molecular complexity index is 1170. The number of rotatable bonds is 3. The van der Waals surface area contributed by atoms with Crippen LogP contribution in [0.15, 0.2) is 79.1 Å². The zero-order valence-corrected chi connectivity index (χ0v) is 16.5. The SMILES string of the molecule is O=C(c1ccc(-n2cnc3ccccc32)cc1)N1CCN(c2ccc(O)cc2)CC1. The molecule has 1 N–H and O–H groups in total. The third-order valence-electron chi connectivity index (χ3n) is 5.63. The Balaban J connectivity index is 1.27. The van der Waals surface area contributed by atoms with E-state index in [-0.39, 0.29) is 11.7 Å². The van der Waals surface area contributed by atoms with Crippen molar-refractivity contribution >= 4 is 22.6 Å². The molecule has 0 bridgehead atoms. The highest BCUT2D eigenvalue weighted by Crippen LogP contribution is 2.22. The first kappa shape index (κ1) is 18.2. The zero-order chi connectivity index (χ0) is 20.5. The van der Waals surface area contributed by atoms with E-state index in [1.54, 1.807) is 12.1 Å². The van der Waals surface area contributed by atoms with E-state index in [4.69, 9.17) is 0 Å². The molecule has 150 valence electrons. The van der Waals surface area contributed by atoms with Crippen molar-refractivity contribution < 1.29 is 9.90 Å². The average Bonchev–Trinajstić information content (AvgIpc) is 3.24. The van der Waals surface area contributed by atoms with Gasteiger partial charge in [0.15, 0.2) is 0 Å². The van der Waals surface area contributed by atoms with Gasteiger partial charge in [-0.3, -0.25) is 9.36 Å². The monoisotopic (exact) mass is 398 g/mol. The van der Waals surface area contributed by atoms with Crippen LogP contribution in [0.5, 0.6) is 5.75 Å². The molecule has 3 aromatic carbocycles. The molecular weight excluding hydrogens is 376 g/mol. The van der Waals surface area contributed by atoms with Gasteiger partial charge in [0.2, 0.25) is 0 Å². The van der Waals surface area contributed by atoms with Crippen LogP contribution in [-0.2, 0) is 0 Å². The number of nitrogens with zero attached hydrogens (tertiary/aromatic N) is 4. The molecular formula is C24H22N4O2. The summed E-state index contributed by atoms with van der Waals surface area (Å²) in [6.45, 7) is 2.90. The molecule has 1 aliphatic rings. The van der Waals surface area contributed by atoms with Crippen LogP contribution in [0.4, 0.5) is 5.69 Å². The van der Waals surface area contributed by atoms with E-state index in [2.05, 4.69) is 9.88 Å². The zero-order valence-electron chi connectivity index (χ0n) is 16.5. The summed E-state index contributed by atoms with van der Waals surface area (Å²) >= 11 is 0. The summed E-state index contributed by atoms with van der Waals surface area (Å²) in [6, 6.07) is 22.9. The highest BCUT2D eigenvalue weighted by Gasteiger charge is 2.22. The number of imidazole rings is 1. The largest absolute Gasteiger partial charge is 0.508 e. The number of phenols is 1. The minimum atomic E-state index is 0.0578. The first-order chi connectivity index (χ1) is 14.7. The lowest BCUT2D eigenvalue weighted by molar-refractivity contribution is 0.0747. The summed E-state index contributed by atoms with van der Waals surface area (Å²) in [5.41, 5.74) is 4.74. The van der Waals surface area contributed by atoms with Crippen molar-refractivity contribution in [2.75, 3.05) is 31.1 Å². The topological polar surface area (TPSA) is 61.6 Å². The predicted octanol–water partition coefficient (Wildman–Crippen LogP) is 3.69. The summed E-state index contributed by atoms with van der Waals surface area (Å²) in [4.78, 5) is 21.5. The van der Waals surface area contributed by atoms with Gasteiger partial charge in [-0.1, -0.05) is 12.1 Å². The Morgan fingerprint density at radius 1 is 0.800 bits per heavy atom. The molecule has 2 heterocycles. The number of fused-ring (bicyclic) bond motifs is 1. The van der Waals surface area contributed by atoms with E-state index < -0.39 is 0 Å². The maximum Gasteiger partial charge on any atom is 0.253 e. The highest BCUT2D eigenvalue weighted by molar-refractivity contribution is 5.94. The van der Waals surface area contributed by atoms with Crippen LogP contribution in [0.25, 0.3) is 16.7 Å². The number of carbonyl (C=O) groups excluding carboxylic acids is 1. The molecule has 6 heteroatoms. The number of piperazine rings is 1. The number of benzene rings is 3. The minimum absolute atomic E-state index is 0.0578. The second-order valence-corrected chi connectivity index (χ2v) is 7.45. The van der Waals surface area contributed by atoms with Crippen molar-refractivity contribution in [3.8, 4) is 11.4 Å². The first-order valence-corrected chi connectivity index (χ1v) is 10.0. The van der Waals surface area contributed by atoms with Gasteiger partial charge in [0.05, 0.1) is 11.0 Å². The van der Waals surface area contributed by atoms with Crippen LogP contribution in [0.2, 0.25) is 0 Å². The fraction of sp³-hybridized carbons (Fsp3) is 0.167. The fourth-order valence-corrected chi connectivity index (χ4v) is 3.94. The van der Waals surface area contributed by atoms with Crippen LogP contribution in [0, 0.1) is 0 Å². The summed E-state index contributed by atoms with van der Waals surface area (Å²) in [5.74, 6) is 0.321. The van der Waals surface area contributed by atoms with Crippen LogP contribution in [0.1, 0.15) is 10.4 Å². The van der Waals surface area contributed by atoms with E-state index >= 15 is 0 Å². The van der Waals surface area contributed by atoms with Gasteiger partial charge < -0.3 is 14.9 Å². The standard InChI is InChI=1S/C24H22N4O2/c29-21-11-9-19(10-12-21)26-13-15-27(16-14-26)24(30)18-5-7-20(8-6-18)28-17-25-22-3-1-2-4-23(22)28/h1-12,17,29H,13-16H2.